The van der Waals surface area contributed by atoms with Crippen molar-refractivity contribution in [2.75, 3.05) is 13.1 Å². The first-order chi connectivity index (χ1) is 6.18. The molecular weight excluding hydrogens is 164 g/mol. The van der Waals surface area contributed by atoms with Crippen molar-refractivity contribution in [2.45, 2.75) is 39.2 Å². The largest absolute Gasteiger partial charge is 0.355 e. The van der Waals surface area contributed by atoms with E-state index in [1.165, 1.54) is 19.3 Å². The Balaban J connectivity index is 1.97. The maximum atomic E-state index is 11.2. The third-order valence-corrected chi connectivity index (χ3v) is 2.36. The number of rotatable bonds is 5. The van der Waals surface area contributed by atoms with Gasteiger partial charge in [-0.1, -0.05) is 20.3 Å². The fourth-order valence-electron chi connectivity index (χ4n) is 1.23. The van der Waals surface area contributed by atoms with Crippen LogP contribution in [0.25, 0.3) is 0 Å². The van der Waals surface area contributed by atoms with Gasteiger partial charge in [-0.3, -0.25) is 4.79 Å². The molecule has 76 valence electrons. The summed E-state index contributed by atoms with van der Waals surface area (Å²) in [7, 11) is 0. The van der Waals surface area contributed by atoms with E-state index >= 15 is 0 Å². The molecule has 0 spiro atoms. The highest BCUT2D eigenvalue weighted by Gasteiger charge is 2.17. The smallest absolute Gasteiger partial charge is 0.233 e. The van der Waals surface area contributed by atoms with Crippen molar-refractivity contribution in [1.29, 1.82) is 0 Å². The average Bonchev–Trinajstić information content (AvgIpc) is 1.98. The Hall–Kier alpha value is -0.570. The summed E-state index contributed by atoms with van der Waals surface area (Å²) in [4.78, 5) is 11.2. The molecule has 1 saturated carbocycles. The van der Waals surface area contributed by atoms with Crippen LogP contribution in [-0.4, -0.2) is 25.0 Å². The zero-order valence-electron chi connectivity index (χ0n) is 8.60. The molecule has 1 amide bonds. The first-order valence-electron chi connectivity index (χ1n) is 5.18. The molecule has 1 aliphatic carbocycles. The standard InChI is InChI=1S/C10H20N2O/c1-8(2)6-12-10(13)7-11-9-4-3-5-9/h8-9,11H,3-7H2,1-2H3,(H,12,13). The molecular formula is C10H20N2O. The topological polar surface area (TPSA) is 41.1 Å². The fourth-order valence-corrected chi connectivity index (χ4v) is 1.23. The van der Waals surface area contributed by atoms with Crippen LogP contribution in [0.4, 0.5) is 0 Å². The molecule has 0 aromatic rings. The van der Waals surface area contributed by atoms with E-state index in [1.807, 2.05) is 0 Å². The summed E-state index contributed by atoms with van der Waals surface area (Å²) < 4.78 is 0. The van der Waals surface area contributed by atoms with Gasteiger partial charge in [0.2, 0.25) is 5.91 Å². The van der Waals surface area contributed by atoms with Crippen molar-refractivity contribution in [3.05, 3.63) is 0 Å². The Labute approximate surface area is 80.3 Å². The van der Waals surface area contributed by atoms with Gasteiger partial charge < -0.3 is 10.6 Å². The van der Waals surface area contributed by atoms with E-state index in [4.69, 9.17) is 0 Å². The van der Waals surface area contributed by atoms with Gasteiger partial charge in [-0.15, -0.1) is 0 Å². The zero-order valence-corrected chi connectivity index (χ0v) is 8.60. The van der Waals surface area contributed by atoms with Crippen molar-refractivity contribution in [2.24, 2.45) is 5.92 Å². The minimum atomic E-state index is 0.126. The maximum Gasteiger partial charge on any atom is 0.233 e. The molecule has 0 saturated heterocycles. The SMILES string of the molecule is CC(C)CNC(=O)CNC1CCC1. The molecule has 0 radical (unpaired) electrons. The molecule has 0 heterocycles. The number of nitrogens with one attached hydrogen (secondary N) is 2. The second-order valence-corrected chi connectivity index (χ2v) is 4.21. The van der Waals surface area contributed by atoms with Crippen LogP contribution in [0.3, 0.4) is 0 Å². The van der Waals surface area contributed by atoms with E-state index in [2.05, 4.69) is 24.5 Å². The van der Waals surface area contributed by atoms with Gasteiger partial charge in [-0.25, -0.2) is 0 Å². The van der Waals surface area contributed by atoms with E-state index in [0.29, 0.717) is 18.5 Å². The fraction of sp³-hybridized carbons (Fsp3) is 0.900. The molecule has 3 heteroatoms. The molecule has 3 nitrogen and oxygen atoms in total. The van der Waals surface area contributed by atoms with E-state index in [1.54, 1.807) is 0 Å². The van der Waals surface area contributed by atoms with E-state index in [0.717, 1.165) is 6.54 Å². The van der Waals surface area contributed by atoms with Gasteiger partial charge in [0, 0.05) is 12.6 Å². The average molecular weight is 184 g/mol. The normalized spacial score (nSPS) is 17.2. The Kier molecular flexibility index (Phi) is 4.22. The Morgan fingerprint density at radius 2 is 2.15 bits per heavy atom. The van der Waals surface area contributed by atoms with E-state index in [-0.39, 0.29) is 5.91 Å². The first kappa shape index (κ1) is 10.5. The van der Waals surface area contributed by atoms with Crippen molar-refractivity contribution >= 4 is 5.91 Å². The molecule has 0 aromatic carbocycles. The summed E-state index contributed by atoms with van der Waals surface area (Å²) in [6.07, 6.45) is 3.78. The van der Waals surface area contributed by atoms with Gasteiger partial charge in [0.25, 0.3) is 0 Å². The summed E-state index contributed by atoms with van der Waals surface area (Å²) in [5.74, 6) is 0.660. The van der Waals surface area contributed by atoms with Gasteiger partial charge in [0.1, 0.15) is 0 Å². The molecule has 0 aromatic heterocycles. The summed E-state index contributed by atoms with van der Waals surface area (Å²) in [6.45, 7) is 5.46. The molecule has 2 N–H and O–H groups in total. The van der Waals surface area contributed by atoms with Crippen LogP contribution in [0.15, 0.2) is 0 Å². The van der Waals surface area contributed by atoms with Crippen LogP contribution >= 0.6 is 0 Å². The van der Waals surface area contributed by atoms with Crippen molar-refractivity contribution in [3.63, 3.8) is 0 Å². The molecule has 1 rings (SSSR count). The first-order valence-corrected chi connectivity index (χ1v) is 5.18. The van der Waals surface area contributed by atoms with Gasteiger partial charge in [0.15, 0.2) is 0 Å². The van der Waals surface area contributed by atoms with Crippen LogP contribution in [0.5, 0.6) is 0 Å². The third-order valence-electron chi connectivity index (χ3n) is 2.36. The molecule has 0 aliphatic heterocycles. The number of hydrogen-bond donors (Lipinski definition) is 2. The molecule has 0 bridgehead atoms. The summed E-state index contributed by atoms with van der Waals surface area (Å²) in [5, 5.41) is 6.11. The monoisotopic (exact) mass is 184 g/mol. The molecule has 1 aliphatic rings. The van der Waals surface area contributed by atoms with Crippen LogP contribution in [0, 0.1) is 5.92 Å². The highest BCUT2D eigenvalue weighted by molar-refractivity contribution is 5.77. The minimum absolute atomic E-state index is 0.126. The number of amides is 1. The second kappa shape index (κ2) is 5.22. The second-order valence-electron chi connectivity index (χ2n) is 4.21. The predicted octanol–water partition coefficient (Wildman–Crippen LogP) is 0.901. The lowest BCUT2D eigenvalue weighted by molar-refractivity contribution is -0.120. The van der Waals surface area contributed by atoms with Crippen LogP contribution in [0.2, 0.25) is 0 Å². The van der Waals surface area contributed by atoms with E-state index in [9.17, 15) is 4.79 Å². The van der Waals surface area contributed by atoms with Crippen molar-refractivity contribution in [1.82, 2.24) is 10.6 Å². The van der Waals surface area contributed by atoms with Crippen LogP contribution in [0.1, 0.15) is 33.1 Å². The lowest BCUT2D eigenvalue weighted by atomic mass is 9.93. The third kappa shape index (κ3) is 4.27. The Morgan fingerprint density at radius 1 is 1.46 bits per heavy atom. The van der Waals surface area contributed by atoms with Gasteiger partial charge in [0.05, 0.1) is 6.54 Å². The van der Waals surface area contributed by atoms with Crippen molar-refractivity contribution < 1.29 is 4.79 Å². The molecule has 13 heavy (non-hydrogen) atoms. The molecule has 0 unspecified atom stereocenters. The van der Waals surface area contributed by atoms with Gasteiger partial charge >= 0.3 is 0 Å². The zero-order chi connectivity index (χ0) is 9.68. The van der Waals surface area contributed by atoms with Gasteiger partial charge in [-0.05, 0) is 18.8 Å². The number of carbonyl (C=O) groups excluding carboxylic acids is 1. The summed E-state index contributed by atoms with van der Waals surface area (Å²) in [6, 6.07) is 0.602. The van der Waals surface area contributed by atoms with Crippen LogP contribution < -0.4 is 10.6 Å². The summed E-state index contributed by atoms with van der Waals surface area (Å²) in [5.41, 5.74) is 0. The van der Waals surface area contributed by atoms with Crippen LogP contribution in [-0.2, 0) is 4.79 Å². The Bertz CT molecular complexity index is 164. The van der Waals surface area contributed by atoms with Gasteiger partial charge in [-0.2, -0.15) is 0 Å². The predicted molar refractivity (Wildman–Crippen MR) is 53.5 cm³/mol. The molecule has 0 atom stereocenters. The quantitative estimate of drug-likeness (QED) is 0.666. The number of carbonyl (C=O) groups is 1. The van der Waals surface area contributed by atoms with E-state index < -0.39 is 0 Å². The van der Waals surface area contributed by atoms with Crippen molar-refractivity contribution in [3.8, 4) is 0 Å². The maximum absolute atomic E-state index is 11.2. The number of hydrogen-bond acceptors (Lipinski definition) is 2. The minimum Gasteiger partial charge on any atom is -0.355 e. The highest BCUT2D eigenvalue weighted by Crippen LogP contribution is 2.17. The lowest BCUT2D eigenvalue weighted by Crippen LogP contribution is -2.42. The summed E-state index contributed by atoms with van der Waals surface area (Å²) >= 11 is 0. The molecule has 1 fully saturated rings. The highest BCUT2D eigenvalue weighted by atomic mass is 16.1. The lowest BCUT2D eigenvalue weighted by Gasteiger charge is -2.26. The Morgan fingerprint density at radius 3 is 2.62 bits per heavy atom.